The first kappa shape index (κ1) is 17.9. The van der Waals surface area contributed by atoms with Crippen LogP contribution in [-0.4, -0.2) is 33.9 Å². The lowest BCUT2D eigenvalue weighted by Crippen LogP contribution is -2.41. The first-order valence-corrected chi connectivity index (χ1v) is 10.1. The number of para-hydroxylation sites is 2. The Morgan fingerprint density at radius 2 is 1.85 bits per heavy atom. The maximum atomic E-state index is 4.71. The molecule has 1 aromatic heterocycles. The lowest BCUT2D eigenvalue weighted by Gasteiger charge is -2.18. The van der Waals surface area contributed by atoms with Gasteiger partial charge in [-0.15, -0.1) is 11.8 Å². The molecule has 0 bridgehead atoms. The predicted molar refractivity (Wildman–Crippen MR) is 113 cm³/mol. The molecule has 0 aliphatic heterocycles. The molecule has 0 spiro atoms. The zero-order valence-corrected chi connectivity index (χ0v) is 16.6. The molecule has 1 fully saturated rings. The molecule has 0 saturated heterocycles. The summed E-state index contributed by atoms with van der Waals surface area (Å²) in [5.74, 6) is 1.82. The number of nitrogens with zero attached hydrogens (tertiary/aromatic N) is 3. The zero-order valence-electron chi connectivity index (χ0n) is 15.8. The summed E-state index contributed by atoms with van der Waals surface area (Å²) in [6, 6.07) is 18.8. The zero-order chi connectivity index (χ0) is 18.7. The summed E-state index contributed by atoms with van der Waals surface area (Å²) in [6.07, 6.45) is 2.47. The minimum Gasteiger partial charge on any atom is -0.355 e. The van der Waals surface area contributed by atoms with Crippen LogP contribution in [0.2, 0.25) is 0 Å². The van der Waals surface area contributed by atoms with Gasteiger partial charge < -0.3 is 15.2 Å². The highest BCUT2D eigenvalue weighted by Crippen LogP contribution is 2.51. The number of benzene rings is 2. The molecule has 0 radical (unpaired) electrons. The number of hydrogen-bond donors (Lipinski definition) is 2. The van der Waals surface area contributed by atoms with Crippen molar-refractivity contribution < 1.29 is 0 Å². The Morgan fingerprint density at radius 3 is 2.56 bits per heavy atom. The van der Waals surface area contributed by atoms with Gasteiger partial charge in [0.05, 0.1) is 17.6 Å². The van der Waals surface area contributed by atoms with Gasteiger partial charge in [-0.25, -0.2) is 4.98 Å². The second kappa shape index (κ2) is 7.64. The molecule has 2 N–H and O–H groups in total. The quantitative estimate of drug-likeness (QED) is 0.508. The largest absolute Gasteiger partial charge is 0.355 e. The fraction of sp³-hybridized carbons (Fsp3) is 0.333. The maximum Gasteiger partial charge on any atom is 0.191 e. The number of aromatic nitrogens is 2. The SMILES string of the molecule is CN=C(NCc1nc2ccccc2n1C)NCC1(Sc2ccccc2)CC1. The average Bonchev–Trinajstić information content (AvgIpc) is 3.39. The summed E-state index contributed by atoms with van der Waals surface area (Å²) in [5, 5.41) is 6.89. The van der Waals surface area contributed by atoms with Crippen LogP contribution in [0.25, 0.3) is 11.0 Å². The molecule has 1 aliphatic rings. The normalized spacial score (nSPS) is 15.7. The van der Waals surface area contributed by atoms with Crippen LogP contribution in [0.15, 0.2) is 64.5 Å². The third kappa shape index (κ3) is 4.11. The fourth-order valence-corrected chi connectivity index (χ4v) is 4.42. The Hall–Kier alpha value is -2.47. The average molecular weight is 380 g/mol. The number of imidazole rings is 1. The van der Waals surface area contributed by atoms with Crippen LogP contribution in [0.3, 0.4) is 0 Å². The van der Waals surface area contributed by atoms with E-state index in [1.165, 1.54) is 17.7 Å². The molecule has 1 saturated carbocycles. The van der Waals surface area contributed by atoms with Crippen molar-refractivity contribution in [3.05, 3.63) is 60.4 Å². The summed E-state index contributed by atoms with van der Waals surface area (Å²) in [7, 11) is 3.87. The van der Waals surface area contributed by atoms with E-state index in [0.29, 0.717) is 6.54 Å². The Labute approximate surface area is 164 Å². The Bertz CT molecular complexity index is 944. The molecular formula is C21H25N5S. The number of hydrogen-bond acceptors (Lipinski definition) is 3. The molecule has 6 heteroatoms. The van der Waals surface area contributed by atoms with E-state index in [-0.39, 0.29) is 4.75 Å². The Kier molecular flexibility index (Phi) is 5.07. The monoisotopic (exact) mass is 379 g/mol. The number of nitrogens with one attached hydrogen (secondary N) is 2. The van der Waals surface area contributed by atoms with E-state index in [9.17, 15) is 0 Å². The van der Waals surface area contributed by atoms with E-state index in [0.717, 1.165) is 29.4 Å². The van der Waals surface area contributed by atoms with E-state index in [1.54, 1.807) is 0 Å². The van der Waals surface area contributed by atoms with Crippen LogP contribution in [0.5, 0.6) is 0 Å². The van der Waals surface area contributed by atoms with E-state index in [2.05, 4.69) is 63.6 Å². The van der Waals surface area contributed by atoms with Crippen LogP contribution in [0.1, 0.15) is 18.7 Å². The molecule has 3 aromatic rings. The second-order valence-corrected chi connectivity index (χ2v) is 8.49. The smallest absolute Gasteiger partial charge is 0.191 e. The number of guanidine groups is 1. The van der Waals surface area contributed by atoms with Crippen molar-refractivity contribution in [2.24, 2.45) is 12.0 Å². The molecule has 140 valence electrons. The highest BCUT2D eigenvalue weighted by atomic mass is 32.2. The highest BCUT2D eigenvalue weighted by Gasteiger charge is 2.43. The number of thioether (sulfide) groups is 1. The molecule has 0 unspecified atom stereocenters. The molecule has 0 amide bonds. The van der Waals surface area contributed by atoms with Crippen molar-refractivity contribution in [3.63, 3.8) is 0 Å². The molecular weight excluding hydrogens is 354 g/mol. The molecule has 27 heavy (non-hydrogen) atoms. The summed E-state index contributed by atoms with van der Waals surface area (Å²) in [6.45, 7) is 1.55. The van der Waals surface area contributed by atoms with Gasteiger partial charge in [-0.2, -0.15) is 0 Å². The molecule has 0 atom stereocenters. The van der Waals surface area contributed by atoms with Crippen LogP contribution in [0, 0.1) is 0 Å². The van der Waals surface area contributed by atoms with Crippen molar-refractivity contribution in [2.45, 2.75) is 29.0 Å². The van der Waals surface area contributed by atoms with Gasteiger partial charge >= 0.3 is 0 Å². The minimum absolute atomic E-state index is 0.289. The van der Waals surface area contributed by atoms with E-state index >= 15 is 0 Å². The van der Waals surface area contributed by atoms with Crippen molar-refractivity contribution in [1.29, 1.82) is 0 Å². The van der Waals surface area contributed by atoms with Crippen LogP contribution in [-0.2, 0) is 13.6 Å². The molecule has 5 nitrogen and oxygen atoms in total. The van der Waals surface area contributed by atoms with Crippen molar-refractivity contribution in [2.75, 3.05) is 13.6 Å². The first-order chi connectivity index (χ1) is 13.2. The number of fused-ring (bicyclic) bond motifs is 1. The van der Waals surface area contributed by atoms with Gasteiger partial charge in [0.25, 0.3) is 0 Å². The van der Waals surface area contributed by atoms with Gasteiger partial charge in [0.2, 0.25) is 0 Å². The maximum absolute atomic E-state index is 4.71. The minimum atomic E-state index is 0.289. The summed E-state index contributed by atoms with van der Waals surface area (Å²) in [5.41, 5.74) is 2.17. The van der Waals surface area contributed by atoms with Crippen molar-refractivity contribution in [3.8, 4) is 0 Å². The Balaban J connectivity index is 1.34. The van der Waals surface area contributed by atoms with Crippen LogP contribution < -0.4 is 10.6 Å². The Morgan fingerprint density at radius 1 is 1.11 bits per heavy atom. The molecule has 4 rings (SSSR count). The third-order valence-corrected chi connectivity index (χ3v) is 6.47. The first-order valence-electron chi connectivity index (χ1n) is 9.28. The molecule has 2 aromatic carbocycles. The molecule has 1 aliphatic carbocycles. The second-order valence-electron chi connectivity index (χ2n) is 6.95. The topological polar surface area (TPSA) is 54.2 Å². The standard InChI is InChI=1S/C21H25N5S/c1-22-20(23-14-19-25-17-10-6-7-11-18(17)26(19)2)24-15-21(12-13-21)27-16-8-4-3-5-9-16/h3-11H,12-15H2,1-2H3,(H2,22,23,24). The predicted octanol–water partition coefficient (Wildman–Crippen LogP) is 3.56. The highest BCUT2D eigenvalue weighted by molar-refractivity contribution is 8.01. The van der Waals surface area contributed by atoms with E-state index < -0.39 is 0 Å². The van der Waals surface area contributed by atoms with E-state index in [4.69, 9.17) is 4.98 Å². The lowest BCUT2D eigenvalue weighted by molar-refractivity contribution is 0.725. The van der Waals surface area contributed by atoms with Crippen molar-refractivity contribution >= 4 is 28.8 Å². The van der Waals surface area contributed by atoms with Gasteiger partial charge in [-0.05, 0) is 37.1 Å². The van der Waals surface area contributed by atoms with Crippen molar-refractivity contribution in [1.82, 2.24) is 20.2 Å². The third-order valence-electron chi connectivity index (χ3n) is 4.98. The fourth-order valence-electron chi connectivity index (χ4n) is 3.17. The summed E-state index contributed by atoms with van der Waals surface area (Å²) in [4.78, 5) is 10.4. The lowest BCUT2D eigenvalue weighted by atomic mass is 10.3. The summed E-state index contributed by atoms with van der Waals surface area (Å²) < 4.78 is 2.42. The van der Waals surface area contributed by atoms with Gasteiger partial charge in [0.15, 0.2) is 5.96 Å². The van der Waals surface area contributed by atoms with Crippen LogP contribution in [0.4, 0.5) is 0 Å². The number of aliphatic imine (C=N–C) groups is 1. The van der Waals surface area contributed by atoms with Gasteiger partial charge in [0, 0.05) is 30.3 Å². The number of aryl methyl sites for hydroxylation is 1. The van der Waals surface area contributed by atoms with Crippen LogP contribution >= 0.6 is 11.8 Å². The number of rotatable bonds is 6. The summed E-state index contributed by atoms with van der Waals surface area (Å²) >= 11 is 1.97. The van der Waals surface area contributed by atoms with Gasteiger partial charge in [0.1, 0.15) is 5.82 Å². The van der Waals surface area contributed by atoms with Gasteiger partial charge in [-0.1, -0.05) is 30.3 Å². The van der Waals surface area contributed by atoms with E-state index in [1.807, 2.05) is 37.0 Å². The van der Waals surface area contributed by atoms with Gasteiger partial charge in [-0.3, -0.25) is 4.99 Å². The molecule has 1 heterocycles.